The number of anilines is 2. The van der Waals surface area contributed by atoms with Gasteiger partial charge in [-0.1, -0.05) is 23.8 Å². The van der Waals surface area contributed by atoms with Crippen LogP contribution in [0.2, 0.25) is 5.02 Å². The molecule has 0 aromatic heterocycles. The Labute approximate surface area is 123 Å². The normalized spacial score (nSPS) is 10.4. The average molecular weight is 317 g/mol. The molecular weight excluding hydrogens is 309 g/mol. The van der Waals surface area contributed by atoms with Gasteiger partial charge >= 0.3 is 0 Å². The second kappa shape index (κ2) is 5.68. The fourth-order valence-electron chi connectivity index (χ4n) is 1.63. The van der Waals surface area contributed by atoms with Crippen molar-refractivity contribution >= 4 is 40.2 Å². The average Bonchev–Trinajstić information content (AvgIpc) is 2.35. The Balaban J connectivity index is 2.50. The summed E-state index contributed by atoms with van der Waals surface area (Å²) in [5.74, 6) is -3.42. The van der Waals surface area contributed by atoms with Crippen LogP contribution in [-0.2, 0) is 0 Å². The van der Waals surface area contributed by atoms with Gasteiger partial charge in [0, 0.05) is 22.7 Å². The van der Waals surface area contributed by atoms with Crippen LogP contribution in [-0.4, -0.2) is 4.99 Å². The Morgan fingerprint density at radius 3 is 2.45 bits per heavy atom. The highest BCUT2D eigenvalue weighted by molar-refractivity contribution is 7.80. The summed E-state index contributed by atoms with van der Waals surface area (Å²) in [6.45, 7) is 0. The topological polar surface area (TPSA) is 38.0 Å². The van der Waals surface area contributed by atoms with E-state index in [9.17, 15) is 13.2 Å². The number of nitrogens with one attached hydrogen (secondary N) is 1. The zero-order valence-corrected chi connectivity index (χ0v) is 11.5. The lowest BCUT2D eigenvalue weighted by molar-refractivity contribution is 0.498. The van der Waals surface area contributed by atoms with Crippen molar-refractivity contribution in [2.45, 2.75) is 0 Å². The van der Waals surface area contributed by atoms with Crippen molar-refractivity contribution in [1.82, 2.24) is 0 Å². The summed E-state index contributed by atoms with van der Waals surface area (Å²) in [5, 5.41) is 2.88. The highest BCUT2D eigenvalue weighted by Crippen LogP contribution is 2.27. The third kappa shape index (κ3) is 3.02. The summed E-state index contributed by atoms with van der Waals surface area (Å²) in [5.41, 5.74) is 5.79. The van der Waals surface area contributed by atoms with E-state index >= 15 is 0 Å². The number of halogens is 4. The molecule has 0 heterocycles. The number of hydrogen-bond acceptors (Lipinski definition) is 2. The molecular formula is C13H8ClF3N2S. The summed E-state index contributed by atoms with van der Waals surface area (Å²) < 4.78 is 39.9. The van der Waals surface area contributed by atoms with Crippen LogP contribution in [0.25, 0.3) is 0 Å². The Bertz CT molecular complexity index is 692. The van der Waals surface area contributed by atoms with E-state index in [0.29, 0.717) is 16.7 Å². The van der Waals surface area contributed by atoms with Gasteiger partial charge in [0.1, 0.15) is 10.8 Å². The molecule has 0 amide bonds. The molecule has 3 N–H and O–H groups in total. The van der Waals surface area contributed by atoms with Crippen LogP contribution in [0.5, 0.6) is 0 Å². The van der Waals surface area contributed by atoms with E-state index in [2.05, 4.69) is 5.32 Å². The molecule has 2 aromatic carbocycles. The monoisotopic (exact) mass is 316 g/mol. The van der Waals surface area contributed by atoms with Gasteiger partial charge in [0.25, 0.3) is 0 Å². The Hall–Kier alpha value is -1.79. The molecule has 0 aliphatic rings. The van der Waals surface area contributed by atoms with Crippen LogP contribution >= 0.6 is 23.8 Å². The van der Waals surface area contributed by atoms with E-state index in [0.717, 1.165) is 6.07 Å². The minimum atomic E-state index is -1.30. The van der Waals surface area contributed by atoms with E-state index in [1.807, 2.05) is 0 Å². The Morgan fingerprint density at radius 2 is 1.80 bits per heavy atom. The molecule has 0 radical (unpaired) electrons. The van der Waals surface area contributed by atoms with Crippen molar-refractivity contribution < 1.29 is 13.2 Å². The molecule has 0 atom stereocenters. The molecule has 0 saturated carbocycles. The van der Waals surface area contributed by atoms with E-state index in [1.54, 1.807) is 6.07 Å². The molecule has 0 aliphatic carbocycles. The molecule has 20 heavy (non-hydrogen) atoms. The first-order valence-electron chi connectivity index (χ1n) is 5.39. The maximum atomic E-state index is 13.6. The van der Waals surface area contributed by atoms with Crippen molar-refractivity contribution in [3.8, 4) is 0 Å². The van der Waals surface area contributed by atoms with Gasteiger partial charge in [0.2, 0.25) is 0 Å². The summed E-state index contributed by atoms with van der Waals surface area (Å²) in [4.78, 5) is 0.0430. The zero-order valence-electron chi connectivity index (χ0n) is 9.88. The van der Waals surface area contributed by atoms with E-state index in [-0.39, 0.29) is 16.4 Å². The van der Waals surface area contributed by atoms with Crippen LogP contribution in [0.1, 0.15) is 5.56 Å². The van der Waals surface area contributed by atoms with Crippen molar-refractivity contribution in [3.05, 3.63) is 58.4 Å². The second-order valence-corrected chi connectivity index (χ2v) is 4.80. The largest absolute Gasteiger partial charge is 0.389 e. The lowest BCUT2D eigenvalue weighted by Crippen LogP contribution is -2.12. The van der Waals surface area contributed by atoms with E-state index in [4.69, 9.17) is 29.6 Å². The van der Waals surface area contributed by atoms with Gasteiger partial charge in [-0.05, 0) is 18.2 Å². The van der Waals surface area contributed by atoms with Gasteiger partial charge < -0.3 is 11.1 Å². The molecule has 0 saturated heterocycles. The number of rotatable bonds is 3. The van der Waals surface area contributed by atoms with Crippen molar-refractivity contribution in [2.75, 3.05) is 5.32 Å². The van der Waals surface area contributed by atoms with Gasteiger partial charge in [-0.2, -0.15) is 0 Å². The third-order valence-electron chi connectivity index (χ3n) is 2.51. The molecule has 0 unspecified atom stereocenters. The highest BCUT2D eigenvalue weighted by Gasteiger charge is 2.13. The SMILES string of the molecule is NC(=S)c1ccc(Cl)cc1Nc1cc(F)cc(F)c1F. The summed E-state index contributed by atoms with van der Waals surface area (Å²) >= 11 is 10.7. The fourth-order valence-corrected chi connectivity index (χ4v) is 1.98. The van der Waals surface area contributed by atoms with Gasteiger partial charge in [-0.25, -0.2) is 13.2 Å². The maximum Gasteiger partial charge on any atom is 0.182 e. The van der Waals surface area contributed by atoms with Crippen molar-refractivity contribution in [1.29, 1.82) is 0 Å². The number of nitrogens with two attached hydrogens (primary N) is 1. The predicted molar refractivity (Wildman–Crippen MR) is 76.9 cm³/mol. The van der Waals surface area contributed by atoms with Crippen LogP contribution in [0.15, 0.2) is 30.3 Å². The highest BCUT2D eigenvalue weighted by atomic mass is 35.5. The molecule has 104 valence electrons. The number of thiocarbonyl (C=S) groups is 1. The Kier molecular flexibility index (Phi) is 4.15. The third-order valence-corrected chi connectivity index (χ3v) is 2.96. The lowest BCUT2D eigenvalue weighted by Gasteiger charge is -2.13. The fraction of sp³-hybridized carbons (Fsp3) is 0. The molecule has 0 aliphatic heterocycles. The van der Waals surface area contributed by atoms with Crippen LogP contribution in [0.4, 0.5) is 24.5 Å². The number of benzene rings is 2. The first kappa shape index (κ1) is 14.6. The molecule has 0 fully saturated rings. The maximum absolute atomic E-state index is 13.6. The minimum Gasteiger partial charge on any atom is -0.389 e. The molecule has 7 heteroatoms. The zero-order chi connectivity index (χ0) is 14.9. The minimum absolute atomic E-state index is 0.0430. The standard InChI is InChI=1S/C13H8ClF3N2S/c14-6-1-2-8(13(18)20)10(3-6)19-11-5-7(15)4-9(16)12(11)17/h1-5,19H,(H2,18,20). The van der Waals surface area contributed by atoms with Gasteiger partial charge in [-0.15, -0.1) is 0 Å². The molecule has 2 nitrogen and oxygen atoms in total. The first-order chi connectivity index (χ1) is 9.38. The quantitative estimate of drug-likeness (QED) is 0.660. The van der Waals surface area contributed by atoms with E-state index in [1.165, 1.54) is 12.1 Å². The summed E-state index contributed by atoms with van der Waals surface area (Å²) in [6, 6.07) is 5.78. The predicted octanol–water partition coefficient (Wildman–Crippen LogP) is 4.14. The van der Waals surface area contributed by atoms with Crippen LogP contribution in [0, 0.1) is 17.5 Å². The summed E-state index contributed by atoms with van der Waals surface area (Å²) in [6.07, 6.45) is 0. The first-order valence-corrected chi connectivity index (χ1v) is 6.18. The molecule has 0 spiro atoms. The van der Waals surface area contributed by atoms with E-state index < -0.39 is 17.5 Å². The lowest BCUT2D eigenvalue weighted by atomic mass is 10.1. The van der Waals surface area contributed by atoms with Crippen LogP contribution < -0.4 is 11.1 Å². The van der Waals surface area contributed by atoms with Gasteiger partial charge in [0.05, 0.1) is 11.4 Å². The summed E-state index contributed by atoms with van der Waals surface area (Å²) in [7, 11) is 0. The van der Waals surface area contributed by atoms with Crippen molar-refractivity contribution in [3.63, 3.8) is 0 Å². The van der Waals surface area contributed by atoms with Gasteiger partial charge in [0.15, 0.2) is 11.6 Å². The second-order valence-electron chi connectivity index (χ2n) is 3.93. The van der Waals surface area contributed by atoms with Gasteiger partial charge in [-0.3, -0.25) is 0 Å². The smallest absolute Gasteiger partial charge is 0.182 e. The molecule has 2 aromatic rings. The Morgan fingerprint density at radius 1 is 1.10 bits per heavy atom. The molecule has 0 bridgehead atoms. The van der Waals surface area contributed by atoms with Crippen molar-refractivity contribution in [2.24, 2.45) is 5.73 Å². The number of hydrogen-bond donors (Lipinski definition) is 2. The molecule has 2 rings (SSSR count). The van der Waals surface area contributed by atoms with Crippen LogP contribution in [0.3, 0.4) is 0 Å².